The Morgan fingerprint density at radius 2 is 1.83 bits per heavy atom. The molecule has 0 atom stereocenters. The van der Waals surface area contributed by atoms with Gasteiger partial charge in [0, 0.05) is 6.54 Å². The number of carbonyl (C=O) groups is 1. The van der Waals surface area contributed by atoms with Gasteiger partial charge in [0.1, 0.15) is 22.5 Å². The van der Waals surface area contributed by atoms with E-state index < -0.39 is 0 Å². The Balaban J connectivity index is 1.77. The van der Waals surface area contributed by atoms with Gasteiger partial charge in [-0.3, -0.25) is 9.69 Å². The summed E-state index contributed by atoms with van der Waals surface area (Å²) < 4.78 is 21.5. The minimum absolute atomic E-state index is 0.0321. The first-order chi connectivity index (χ1) is 13.7. The SMILES string of the molecule is CC(C)CN1C(=O)/C(=C/c2cc(I)c(OCc3ccc(F)cc3)c(I)c2)SC1=S. The van der Waals surface area contributed by atoms with Gasteiger partial charge in [-0.05, 0) is 92.6 Å². The van der Waals surface area contributed by atoms with Crippen molar-refractivity contribution in [2.75, 3.05) is 6.54 Å². The summed E-state index contributed by atoms with van der Waals surface area (Å²) in [7, 11) is 0. The summed E-state index contributed by atoms with van der Waals surface area (Å²) in [5.74, 6) is 0.841. The normalized spacial score (nSPS) is 15.7. The number of nitrogens with zero attached hydrogens (tertiary/aromatic N) is 1. The van der Waals surface area contributed by atoms with Gasteiger partial charge in [0.05, 0.1) is 12.0 Å². The molecule has 1 fully saturated rings. The van der Waals surface area contributed by atoms with Gasteiger partial charge in [-0.2, -0.15) is 0 Å². The number of amides is 1. The molecule has 29 heavy (non-hydrogen) atoms. The number of hydrogen-bond acceptors (Lipinski definition) is 4. The maximum atomic E-state index is 13.0. The van der Waals surface area contributed by atoms with Gasteiger partial charge in [0.25, 0.3) is 5.91 Å². The highest BCUT2D eigenvalue weighted by Crippen LogP contribution is 2.35. The molecule has 1 amide bonds. The Morgan fingerprint density at radius 1 is 1.21 bits per heavy atom. The molecule has 0 saturated carbocycles. The number of thiocarbonyl (C=S) groups is 1. The predicted octanol–water partition coefficient (Wildman–Crippen LogP) is 6.47. The Kier molecular flexibility index (Phi) is 7.96. The summed E-state index contributed by atoms with van der Waals surface area (Å²) in [4.78, 5) is 15.0. The first kappa shape index (κ1) is 23.0. The molecule has 3 nitrogen and oxygen atoms in total. The van der Waals surface area contributed by atoms with Gasteiger partial charge in [0.2, 0.25) is 0 Å². The summed E-state index contributed by atoms with van der Waals surface area (Å²) in [6, 6.07) is 10.2. The summed E-state index contributed by atoms with van der Waals surface area (Å²) in [5, 5.41) is 0. The smallest absolute Gasteiger partial charge is 0.266 e. The van der Waals surface area contributed by atoms with Crippen LogP contribution in [0.3, 0.4) is 0 Å². The van der Waals surface area contributed by atoms with Crippen LogP contribution < -0.4 is 4.74 Å². The van der Waals surface area contributed by atoms with E-state index in [1.54, 1.807) is 17.0 Å². The van der Waals surface area contributed by atoms with Crippen molar-refractivity contribution in [3.63, 3.8) is 0 Å². The third-order valence-corrected chi connectivity index (χ3v) is 7.02. The van der Waals surface area contributed by atoms with Gasteiger partial charge < -0.3 is 4.74 Å². The van der Waals surface area contributed by atoms with Crippen LogP contribution in [0, 0.1) is 18.9 Å². The zero-order valence-electron chi connectivity index (χ0n) is 15.7. The Bertz CT molecular complexity index is 954. The van der Waals surface area contributed by atoms with Crippen LogP contribution in [0.1, 0.15) is 25.0 Å². The molecule has 8 heteroatoms. The van der Waals surface area contributed by atoms with Gasteiger partial charge >= 0.3 is 0 Å². The molecular weight excluding hydrogens is 635 g/mol. The first-order valence-corrected chi connectivity index (χ1v) is 12.2. The molecule has 1 heterocycles. The van der Waals surface area contributed by atoms with Crippen LogP contribution in [0.5, 0.6) is 5.75 Å². The summed E-state index contributed by atoms with van der Waals surface area (Å²) in [6.07, 6.45) is 1.88. The zero-order chi connectivity index (χ0) is 21.1. The van der Waals surface area contributed by atoms with Gasteiger partial charge in [0.15, 0.2) is 0 Å². The van der Waals surface area contributed by atoms with Crippen LogP contribution in [-0.2, 0) is 11.4 Å². The Morgan fingerprint density at radius 3 is 2.41 bits per heavy atom. The molecule has 0 radical (unpaired) electrons. The summed E-state index contributed by atoms with van der Waals surface area (Å²) >= 11 is 11.2. The highest BCUT2D eigenvalue weighted by atomic mass is 127. The van der Waals surface area contributed by atoms with Crippen LogP contribution in [0.4, 0.5) is 4.39 Å². The fraction of sp³-hybridized carbons (Fsp3) is 0.238. The minimum Gasteiger partial charge on any atom is -0.487 e. The maximum Gasteiger partial charge on any atom is 0.266 e. The van der Waals surface area contributed by atoms with Crippen LogP contribution in [0.15, 0.2) is 41.3 Å². The largest absolute Gasteiger partial charge is 0.487 e. The van der Waals surface area contributed by atoms with E-state index in [9.17, 15) is 9.18 Å². The molecule has 1 aliphatic heterocycles. The number of thioether (sulfide) groups is 1. The van der Waals surface area contributed by atoms with Gasteiger partial charge in [-0.1, -0.05) is 50.0 Å². The highest BCUT2D eigenvalue weighted by molar-refractivity contribution is 14.1. The van der Waals surface area contributed by atoms with E-state index in [0.717, 1.165) is 24.0 Å². The molecule has 0 aromatic heterocycles. The molecule has 0 N–H and O–H groups in total. The summed E-state index contributed by atoms with van der Waals surface area (Å²) in [5.41, 5.74) is 1.83. The van der Waals surface area contributed by atoms with E-state index in [1.807, 2.05) is 18.2 Å². The molecule has 3 rings (SSSR count). The molecule has 0 bridgehead atoms. The topological polar surface area (TPSA) is 29.5 Å². The maximum absolute atomic E-state index is 13.0. The van der Waals surface area contributed by atoms with Crippen molar-refractivity contribution >= 4 is 85.5 Å². The van der Waals surface area contributed by atoms with E-state index in [0.29, 0.717) is 28.3 Å². The van der Waals surface area contributed by atoms with Crippen LogP contribution >= 0.6 is 69.2 Å². The lowest BCUT2D eigenvalue weighted by molar-refractivity contribution is -0.122. The minimum atomic E-state index is -0.263. The van der Waals surface area contributed by atoms with Crippen molar-refractivity contribution < 1.29 is 13.9 Å². The number of benzene rings is 2. The van der Waals surface area contributed by atoms with Crippen molar-refractivity contribution in [2.24, 2.45) is 5.92 Å². The second-order valence-corrected chi connectivity index (χ2v) is 10.9. The number of carbonyl (C=O) groups excluding carboxylic acids is 1. The van der Waals surface area contributed by atoms with E-state index in [-0.39, 0.29) is 11.7 Å². The fourth-order valence-electron chi connectivity index (χ4n) is 2.71. The molecule has 2 aromatic carbocycles. The number of ether oxygens (including phenoxy) is 1. The monoisotopic (exact) mass is 653 g/mol. The Labute approximate surface area is 206 Å². The highest BCUT2D eigenvalue weighted by Gasteiger charge is 2.32. The van der Waals surface area contributed by atoms with Crippen molar-refractivity contribution in [1.82, 2.24) is 4.90 Å². The predicted molar refractivity (Wildman–Crippen MR) is 137 cm³/mol. The van der Waals surface area contributed by atoms with E-state index >= 15 is 0 Å². The lowest BCUT2D eigenvalue weighted by Crippen LogP contribution is -2.31. The standard InChI is InChI=1S/C21H18FI2NO2S2/c1-12(2)10-25-20(26)18(29-21(25)28)9-14-7-16(23)19(17(24)8-14)27-11-13-3-5-15(22)6-4-13/h3-9,12H,10-11H2,1-2H3/b18-9-. The van der Waals surface area contributed by atoms with Crippen molar-refractivity contribution in [2.45, 2.75) is 20.5 Å². The van der Waals surface area contributed by atoms with Crippen LogP contribution in [0.25, 0.3) is 6.08 Å². The quantitative estimate of drug-likeness (QED) is 0.203. The summed E-state index contributed by atoms with van der Waals surface area (Å²) in [6.45, 7) is 5.13. The first-order valence-electron chi connectivity index (χ1n) is 8.86. The van der Waals surface area contributed by atoms with Gasteiger partial charge in [-0.25, -0.2) is 4.39 Å². The van der Waals surface area contributed by atoms with Crippen molar-refractivity contribution in [3.05, 3.63) is 65.4 Å². The third-order valence-electron chi connectivity index (χ3n) is 4.04. The molecule has 152 valence electrons. The van der Waals surface area contributed by atoms with Crippen molar-refractivity contribution in [1.29, 1.82) is 0 Å². The lowest BCUT2D eigenvalue weighted by Gasteiger charge is -2.16. The Hall–Kier alpha value is -0.720. The van der Waals surface area contributed by atoms with Crippen LogP contribution in [0.2, 0.25) is 0 Å². The molecule has 1 saturated heterocycles. The fourth-order valence-corrected chi connectivity index (χ4v) is 6.11. The molecular formula is C21H18FI2NO2S2. The average molecular weight is 653 g/mol. The van der Waals surface area contributed by atoms with E-state index in [4.69, 9.17) is 17.0 Å². The molecule has 0 aliphatic carbocycles. The molecule has 0 spiro atoms. The van der Waals surface area contributed by atoms with Crippen LogP contribution in [-0.4, -0.2) is 21.7 Å². The van der Waals surface area contributed by atoms with E-state index in [2.05, 4.69) is 59.0 Å². The molecule has 0 unspecified atom stereocenters. The lowest BCUT2D eigenvalue weighted by atomic mass is 10.2. The molecule has 2 aromatic rings. The number of halogens is 3. The van der Waals surface area contributed by atoms with Gasteiger partial charge in [-0.15, -0.1) is 0 Å². The van der Waals surface area contributed by atoms with E-state index in [1.165, 1.54) is 23.9 Å². The molecule has 1 aliphatic rings. The second-order valence-electron chi connectivity index (χ2n) is 6.91. The zero-order valence-corrected chi connectivity index (χ0v) is 21.7. The average Bonchev–Trinajstić information content (AvgIpc) is 2.89. The number of rotatable bonds is 6. The second kappa shape index (κ2) is 10.1. The number of hydrogen-bond donors (Lipinski definition) is 0. The van der Waals surface area contributed by atoms with Crippen molar-refractivity contribution in [3.8, 4) is 5.75 Å². The third kappa shape index (κ3) is 5.92.